The standard InChI is InChI=1S/C36H38FN3O4S/c37-32-23-13-14-24-33(32)40(45(43,44)31-21-11-4-12-22-31)27-35(41)39(26-29-17-7-2-8-18-29)34(25-28-15-5-1-6-16-28)36(42)38-30-19-9-3-10-20-30/h1-2,4-8,11-18,21-24,30,34H,3,9-10,19-20,25-27H2,(H,38,42)/t34-/m1/s1. The average Bonchev–Trinajstić information content (AvgIpc) is 3.07. The molecule has 9 heteroatoms. The second-order valence-electron chi connectivity index (χ2n) is 11.3. The van der Waals surface area contributed by atoms with Gasteiger partial charge in [-0.15, -0.1) is 0 Å². The molecule has 0 spiro atoms. The van der Waals surface area contributed by atoms with E-state index < -0.39 is 34.3 Å². The van der Waals surface area contributed by atoms with E-state index in [1.165, 1.54) is 35.2 Å². The van der Waals surface area contributed by atoms with Crippen LogP contribution in [0.25, 0.3) is 0 Å². The number of benzene rings is 4. The minimum absolute atomic E-state index is 0.00609. The predicted molar refractivity (Wildman–Crippen MR) is 173 cm³/mol. The summed E-state index contributed by atoms with van der Waals surface area (Å²) in [7, 11) is -4.36. The molecule has 0 aromatic heterocycles. The zero-order valence-electron chi connectivity index (χ0n) is 25.1. The van der Waals surface area contributed by atoms with Crippen molar-refractivity contribution < 1.29 is 22.4 Å². The number of hydrogen-bond acceptors (Lipinski definition) is 4. The van der Waals surface area contributed by atoms with Gasteiger partial charge in [0.05, 0.1) is 10.6 Å². The number of nitrogens with zero attached hydrogens (tertiary/aromatic N) is 2. The summed E-state index contributed by atoms with van der Waals surface area (Å²) in [4.78, 5) is 29.9. The number of para-hydroxylation sites is 1. The number of rotatable bonds is 12. The van der Waals surface area contributed by atoms with Gasteiger partial charge < -0.3 is 10.2 Å². The number of anilines is 1. The van der Waals surface area contributed by atoms with Crippen LogP contribution in [0, 0.1) is 5.82 Å². The molecule has 1 fully saturated rings. The molecular formula is C36H38FN3O4S. The van der Waals surface area contributed by atoms with E-state index in [2.05, 4.69) is 5.32 Å². The summed E-state index contributed by atoms with van der Waals surface area (Å²) in [6.45, 7) is -0.640. The smallest absolute Gasteiger partial charge is 0.264 e. The topological polar surface area (TPSA) is 86.8 Å². The fourth-order valence-corrected chi connectivity index (χ4v) is 7.21. The molecule has 4 aromatic carbocycles. The van der Waals surface area contributed by atoms with E-state index in [0.29, 0.717) is 0 Å². The van der Waals surface area contributed by atoms with E-state index in [1.54, 1.807) is 18.2 Å². The lowest BCUT2D eigenvalue weighted by Gasteiger charge is -2.35. The highest BCUT2D eigenvalue weighted by Gasteiger charge is 2.36. The SMILES string of the molecule is O=C(NC1CCCCC1)[C@@H](Cc1ccccc1)N(Cc1ccccc1)C(=O)CN(c1ccccc1F)S(=O)(=O)c1ccccc1. The Morgan fingerprint density at radius 3 is 1.93 bits per heavy atom. The third kappa shape index (κ3) is 8.16. The van der Waals surface area contributed by atoms with Crippen molar-refractivity contribution in [1.82, 2.24) is 10.2 Å². The van der Waals surface area contributed by atoms with Crippen LogP contribution in [0.3, 0.4) is 0 Å². The predicted octanol–water partition coefficient (Wildman–Crippen LogP) is 6.11. The molecule has 234 valence electrons. The third-order valence-corrected chi connectivity index (χ3v) is 9.92. The van der Waals surface area contributed by atoms with Crippen LogP contribution in [-0.4, -0.2) is 43.8 Å². The quantitative estimate of drug-likeness (QED) is 0.205. The fraction of sp³-hybridized carbons (Fsp3) is 0.278. The van der Waals surface area contributed by atoms with Gasteiger partial charge in [-0.05, 0) is 48.2 Å². The lowest BCUT2D eigenvalue weighted by Crippen LogP contribution is -2.55. The van der Waals surface area contributed by atoms with Crippen molar-refractivity contribution in [2.45, 2.75) is 62.0 Å². The summed E-state index contributed by atoms with van der Waals surface area (Å²) < 4.78 is 44.0. The van der Waals surface area contributed by atoms with Crippen LogP contribution in [0.1, 0.15) is 43.2 Å². The minimum atomic E-state index is -4.36. The van der Waals surface area contributed by atoms with Crippen molar-refractivity contribution >= 4 is 27.5 Å². The molecule has 7 nitrogen and oxygen atoms in total. The number of carbonyl (C=O) groups excluding carboxylic acids is 2. The first-order chi connectivity index (χ1) is 21.8. The van der Waals surface area contributed by atoms with Gasteiger partial charge in [-0.2, -0.15) is 0 Å². The molecule has 1 N–H and O–H groups in total. The molecule has 1 atom stereocenters. The first-order valence-electron chi connectivity index (χ1n) is 15.3. The van der Waals surface area contributed by atoms with E-state index in [-0.39, 0.29) is 35.5 Å². The Hall–Kier alpha value is -4.50. The maximum absolute atomic E-state index is 15.2. The number of carbonyl (C=O) groups is 2. The second-order valence-corrected chi connectivity index (χ2v) is 13.2. The monoisotopic (exact) mass is 627 g/mol. The summed E-state index contributed by atoms with van der Waals surface area (Å²) in [5, 5.41) is 3.19. The Labute approximate surface area is 264 Å². The first-order valence-corrected chi connectivity index (χ1v) is 16.8. The maximum atomic E-state index is 15.2. The molecule has 0 unspecified atom stereocenters. The van der Waals surface area contributed by atoms with Crippen LogP contribution in [-0.2, 0) is 32.6 Å². The van der Waals surface area contributed by atoms with Crippen molar-refractivity contribution in [1.29, 1.82) is 0 Å². The maximum Gasteiger partial charge on any atom is 0.264 e. The highest BCUT2D eigenvalue weighted by Crippen LogP contribution is 2.27. The summed E-state index contributed by atoms with van der Waals surface area (Å²) in [6, 6.07) is 30.9. The zero-order chi connectivity index (χ0) is 31.6. The fourth-order valence-electron chi connectivity index (χ4n) is 5.77. The summed E-state index contributed by atoms with van der Waals surface area (Å²) >= 11 is 0. The van der Waals surface area contributed by atoms with E-state index in [4.69, 9.17) is 0 Å². The number of hydrogen-bond donors (Lipinski definition) is 1. The number of amides is 2. The van der Waals surface area contributed by atoms with Crippen LogP contribution in [0.15, 0.2) is 120 Å². The van der Waals surface area contributed by atoms with Gasteiger partial charge in [0.1, 0.15) is 18.4 Å². The van der Waals surface area contributed by atoms with Crippen molar-refractivity contribution in [3.8, 4) is 0 Å². The average molecular weight is 628 g/mol. The zero-order valence-corrected chi connectivity index (χ0v) is 25.9. The highest BCUT2D eigenvalue weighted by molar-refractivity contribution is 7.92. The molecule has 45 heavy (non-hydrogen) atoms. The number of sulfonamides is 1. The Balaban J connectivity index is 1.55. The van der Waals surface area contributed by atoms with Gasteiger partial charge in [-0.1, -0.05) is 110 Å². The van der Waals surface area contributed by atoms with Gasteiger partial charge >= 0.3 is 0 Å². The third-order valence-electron chi connectivity index (χ3n) is 8.15. The molecular weight excluding hydrogens is 589 g/mol. The van der Waals surface area contributed by atoms with E-state index in [0.717, 1.165) is 53.6 Å². The van der Waals surface area contributed by atoms with Crippen molar-refractivity contribution in [3.05, 3.63) is 132 Å². The molecule has 0 heterocycles. The number of halogens is 1. The minimum Gasteiger partial charge on any atom is -0.352 e. The first kappa shape index (κ1) is 31.9. The Bertz CT molecular complexity index is 1660. The molecule has 0 radical (unpaired) electrons. The van der Waals surface area contributed by atoms with Gasteiger partial charge in [0, 0.05) is 19.0 Å². The molecule has 1 aliphatic carbocycles. The van der Waals surface area contributed by atoms with Crippen molar-refractivity contribution in [2.75, 3.05) is 10.8 Å². The van der Waals surface area contributed by atoms with Gasteiger partial charge in [-0.3, -0.25) is 13.9 Å². The van der Waals surface area contributed by atoms with E-state index in [9.17, 15) is 18.0 Å². The van der Waals surface area contributed by atoms with Crippen LogP contribution in [0.5, 0.6) is 0 Å². The molecule has 1 aliphatic rings. The van der Waals surface area contributed by atoms with E-state index in [1.807, 2.05) is 60.7 Å². The molecule has 5 rings (SSSR count). The van der Waals surface area contributed by atoms with Gasteiger partial charge in [0.25, 0.3) is 10.0 Å². The highest BCUT2D eigenvalue weighted by atomic mass is 32.2. The molecule has 0 bridgehead atoms. The summed E-state index contributed by atoms with van der Waals surface area (Å²) in [5.41, 5.74) is 1.38. The van der Waals surface area contributed by atoms with Gasteiger partial charge in [0.15, 0.2) is 0 Å². The Morgan fingerprint density at radius 1 is 0.756 bits per heavy atom. The van der Waals surface area contributed by atoms with Crippen LogP contribution in [0.2, 0.25) is 0 Å². The van der Waals surface area contributed by atoms with Crippen LogP contribution < -0.4 is 9.62 Å². The van der Waals surface area contributed by atoms with Crippen molar-refractivity contribution in [3.63, 3.8) is 0 Å². The van der Waals surface area contributed by atoms with Crippen LogP contribution >= 0.6 is 0 Å². The summed E-state index contributed by atoms with van der Waals surface area (Å²) in [6.07, 6.45) is 5.13. The molecule has 0 aliphatic heterocycles. The van der Waals surface area contributed by atoms with Gasteiger partial charge in [-0.25, -0.2) is 12.8 Å². The molecule has 0 saturated heterocycles. The van der Waals surface area contributed by atoms with Gasteiger partial charge in [0.2, 0.25) is 11.8 Å². The molecule has 4 aromatic rings. The number of nitrogens with one attached hydrogen (secondary N) is 1. The second kappa shape index (κ2) is 15.0. The van der Waals surface area contributed by atoms with E-state index >= 15 is 4.39 Å². The largest absolute Gasteiger partial charge is 0.352 e. The normalized spacial score (nSPS) is 14.3. The molecule has 2 amide bonds. The van der Waals surface area contributed by atoms with Crippen LogP contribution in [0.4, 0.5) is 10.1 Å². The lowest BCUT2D eigenvalue weighted by atomic mass is 9.94. The molecule has 1 saturated carbocycles. The Kier molecular flexibility index (Phi) is 10.6. The lowest BCUT2D eigenvalue weighted by molar-refractivity contribution is -0.140. The van der Waals surface area contributed by atoms with Crippen molar-refractivity contribution in [2.24, 2.45) is 0 Å². The summed E-state index contributed by atoms with van der Waals surface area (Å²) in [5.74, 6) is -1.70. The Morgan fingerprint density at radius 2 is 1.31 bits per heavy atom.